The van der Waals surface area contributed by atoms with Crippen LogP contribution in [-0.2, 0) is 10.3 Å². The molecule has 298 valence electrons. The quantitative estimate of drug-likeness (QED) is 0.0705. The number of cyclic esters (lactones) is 1. The molecule has 0 N–H and O–H groups in total. The van der Waals surface area contributed by atoms with Crippen molar-refractivity contribution in [2.24, 2.45) is 0 Å². The smallest absolute Gasteiger partial charge is 0.341 e. The third kappa shape index (κ3) is 8.19. The lowest BCUT2D eigenvalue weighted by atomic mass is 9.83. The number of carbonyl (C=O) groups excluding carboxylic acids is 1. The minimum atomic E-state index is -1.39. The van der Waals surface area contributed by atoms with Crippen molar-refractivity contribution in [1.82, 2.24) is 0 Å². The zero-order valence-corrected chi connectivity index (χ0v) is 38.8. The number of ether oxygens (including phenoxy) is 3. The number of benzene rings is 5. The molecule has 58 heavy (non-hydrogen) atoms. The van der Waals surface area contributed by atoms with E-state index in [9.17, 15) is 4.79 Å². The van der Waals surface area contributed by atoms with Gasteiger partial charge in [0.2, 0.25) is 0 Å². The molecule has 5 aromatic rings. The standard InChI is InChI=1S/C48H44Br4N2O4/c1-3-56-37-21-13-33(14-22-37)39(31-9-17-35(18-10-31)53-25-5-6-26-53)29-48(42-41(47(55)58-48)43(49)45(51)46(52)44(42)50)30-40(34-15-23-38(24-16-34)57-4-2)32-11-19-36(20-12-32)54-27-7-8-28-54/h9-24,29-30H,3-8,25-28H2,1-2H3/b39-29-,40-30-. The first-order valence-corrected chi connectivity index (χ1v) is 23.1. The first-order chi connectivity index (χ1) is 28.2. The van der Waals surface area contributed by atoms with Crippen molar-refractivity contribution >= 4 is 92.2 Å². The van der Waals surface area contributed by atoms with Gasteiger partial charge in [0.05, 0.1) is 18.8 Å². The first kappa shape index (κ1) is 40.9. The summed E-state index contributed by atoms with van der Waals surface area (Å²) in [4.78, 5) is 19.3. The van der Waals surface area contributed by atoms with Crippen molar-refractivity contribution in [3.63, 3.8) is 0 Å². The Balaban J connectivity index is 1.40. The van der Waals surface area contributed by atoms with Gasteiger partial charge in [0.25, 0.3) is 0 Å². The average molecular weight is 1030 g/mol. The van der Waals surface area contributed by atoms with E-state index in [4.69, 9.17) is 14.2 Å². The number of hydrogen-bond acceptors (Lipinski definition) is 6. The summed E-state index contributed by atoms with van der Waals surface area (Å²) in [6.07, 6.45) is 9.03. The molecular weight excluding hydrogens is 988 g/mol. The van der Waals surface area contributed by atoms with Gasteiger partial charge < -0.3 is 24.0 Å². The van der Waals surface area contributed by atoms with E-state index in [2.05, 4.69) is 158 Å². The zero-order chi connectivity index (χ0) is 40.4. The third-order valence-corrected chi connectivity index (χ3v) is 15.9. The van der Waals surface area contributed by atoms with Crippen LogP contribution in [0.15, 0.2) is 127 Å². The van der Waals surface area contributed by atoms with E-state index in [0.717, 1.165) is 75.6 Å². The molecule has 6 nitrogen and oxygen atoms in total. The van der Waals surface area contributed by atoms with Gasteiger partial charge in [-0.1, -0.05) is 48.5 Å². The summed E-state index contributed by atoms with van der Waals surface area (Å²) in [5, 5.41) is 0. The number of halogens is 4. The normalized spacial score (nSPS) is 16.5. The molecule has 0 radical (unpaired) electrons. The molecule has 0 aromatic heterocycles. The minimum absolute atomic E-state index is 0.436. The van der Waals surface area contributed by atoms with E-state index >= 15 is 0 Å². The van der Waals surface area contributed by atoms with Crippen LogP contribution in [0.25, 0.3) is 11.1 Å². The predicted molar refractivity (Wildman–Crippen MR) is 249 cm³/mol. The third-order valence-electron chi connectivity index (χ3n) is 11.1. The van der Waals surface area contributed by atoms with E-state index in [1.54, 1.807) is 0 Å². The SMILES string of the molecule is CCOc1ccc(/C(=C\C2(/C=C(\c3ccc(OCC)cc3)c3ccc(N4CCCC4)cc3)OC(=O)c3c(Br)c(Br)c(Br)c(Br)c32)c2ccc(N3CCCC3)cc2)cc1. The topological polar surface area (TPSA) is 51.2 Å². The van der Waals surface area contributed by atoms with Gasteiger partial charge in [-0.3, -0.25) is 0 Å². The number of fused-ring (bicyclic) bond motifs is 1. The number of esters is 1. The van der Waals surface area contributed by atoms with Gasteiger partial charge in [-0.2, -0.15) is 0 Å². The van der Waals surface area contributed by atoms with Crippen LogP contribution >= 0.6 is 63.7 Å². The molecule has 0 amide bonds. The van der Waals surface area contributed by atoms with E-state index in [1.165, 1.54) is 37.1 Å². The summed E-state index contributed by atoms with van der Waals surface area (Å²) < 4.78 is 21.3. The number of nitrogens with zero attached hydrogens (tertiary/aromatic N) is 2. The zero-order valence-electron chi connectivity index (χ0n) is 32.5. The van der Waals surface area contributed by atoms with Crippen LogP contribution < -0.4 is 19.3 Å². The minimum Gasteiger partial charge on any atom is -0.494 e. The molecule has 0 spiro atoms. The van der Waals surface area contributed by atoms with Crippen molar-refractivity contribution in [2.75, 3.05) is 49.2 Å². The van der Waals surface area contributed by atoms with Gasteiger partial charge in [0, 0.05) is 61.0 Å². The Morgan fingerprint density at radius 3 is 1.31 bits per heavy atom. The number of hydrogen-bond donors (Lipinski definition) is 0. The summed E-state index contributed by atoms with van der Waals surface area (Å²) in [7, 11) is 0. The molecule has 8 rings (SSSR count). The Kier molecular flexibility index (Phi) is 12.6. The molecule has 10 heteroatoms. The Labute approximate surface area is 374 Å². The fourth-order valence-corrected chi connectivity index (χ4v) is 10.8. The molecule has 5 aromatic carbocycles. The van der Waals surface area contributed by atoms with Crippen LogP contribution in [0.3, 0.4) is 0 Å². The van der Waals surface area contributed by atoms with Gasteiger partial charge in [-0.15, -0.1) is 0 Å². The van der Waals surface area contributed by atoms with Gasteiger partial charge in [-0.25, -0.2) is 4.79 Å². The number of carbonyl (C=O) groups is 1. The molecule has 3 aliphatic heterocycles. The molecular formula is C48H44Br4N2O4. The molecule has 2 saturated heterocycles. The maximum Gasteiger partial charge on any atom is 0.341 e. The van der Waals surface area contributed by atoms with Crippen molar-refractivity contribution in [2.45, 2.75) is 45.1 Å². The van der Waals surface area contributed by atoms with Gasteiger partial charge in [0.1, 0.15) is 11.5 Å². The fourth-order valence-electron chi connectivity index (χ4n) is 8.24. The van der Waals surface area contributed by atoms with Crippen LogP contribution in [0.2, 0.25) is 0 Å². The van der Waals surface area contributed by atoms with Crippen molar-refractivity contribution in [1.29, 1.82) is 0 Å². The van der Waals surface area contributed by atoms with Crippen LogP contribution in [0.5, 0.6) is 11.5 Å². The number of anilines is 2. The highest BCUT2D eigenvalue weighted by Gasteiger charge is 2.48. The summed E-state index contributed by atoms with van der Waals surface area (Å²) in [6.45, 7) is 9.34. The lowest BCUT2D eigenvalue weighted by Crippen LogP contribution is -2.23. The molecule has 0 unspecified atom stereocenters. The summed E-state index contributed by atoms with van der Waals surface area (Å²) in [6, 6.07) is 33.8. The lowest BCUT2D eigenvalue weighted by molar-refractivity contribution is 0.0298. The first-order valence-electron chi connectivity index (χ1n) is 19.9. The van der Waals surface area contributed by atoms with E-state index in [-0.39, 0.29) is 0 Å². The van der Waals surface area contributed by atoms with Crippen LogP contribution in [-0.4, -0.2) is 45.4 Å². The highest BCUT2D eigenvalue weighted by molar-refractivity contribution is 9.15. The Bertz CT molecular complexity index is 2220. The fraction of sp³-hybridized carbons (Fsp3) is 0.271. The van der Waals surface area contributed by atoms with Crippen LogP contribution in [0.4, 0.5) is 11.4 Å². The molecule has 0 saturated carbocycles. The summed E-state index contributed by atoms with van der Waals surface area (Å²) >= 11 is 15.2. The van der Waals surface area contributed by atoms with Crippen molar-refractivity contribution < 1.29 is 19.0 Å². The molecule has 3 heterocycles. The highest BCUT2D eigenvalue weighted by Crippen LogP contribution is 2.54. The van der Waals surface area contributed by atoms with Gasteiger partial charge in [0.15, 0.2) is 5.60 Å². The van der Waals surface area contributed by atoms with Crippen LogP contribution in [0.1, 0.15) is 77.7 Å². The Hall–Kier alpha value is -3.83. The second-order valence-electron chi connectivity index (χ2n) is 14.7. The van der Waals surface area contributed by atoms with Gasteiger partial charge >= 0.3 is 5.97 Å². The maximum atomic E-state index is 14.4. The molecule has 0 bridgehead atoms. The second kappa shape index (κ2) is 17.8. The monoisotopic (exact) mass is 1030 g/mol. The summed E-state index contributed by atoms with van der Waals surface area (Å²) in [5.41, 5.74) is 7.87. The largest absolute Gasteiger partial charge is 0.494 e. The Morgan fingerprint density at radius 2 is 0.931 bits per heavy atom. The molecule has 3 aliphatic rings. The van der Waals surface area contributed by atoms with E-state index in [0.29, 0.717) is 37.8 Å². The highest BCUT2D eigenvalue weighted by atomic mass is 79.9. The average Bonchev–Trinajstić information content (AvgIpc) is 4.04. The number of rotatable bonds is 12. The Morgan fingerprint density at radius 1 is 0.569 bits per heavy atom. The molecule has 0 aliphatic carbocycles. The van der Waals surface area contributed by atoms with Gasteiger partial charge in [-0.05, 0) is 197 Å². The van der Waals surface area contributed by atoms with Crippen molar-refractivity contribution in [3.05, 3.63) is 160 Å². The molecule has 2 fully saturated rings. The second-order valence-corrected chi connectivity index (χ2v) is 17.9. The molecule has 0 atom stereocenters. The lowest BCUT2D eigenvalue weighted by Gasteiger charge is -2.28. The summed E-state index contributed by atoms with van der Waals surface area (Å²) in [5.74, 6) is 1.14. The maximum absolute atomic E-state index is 14.4. The predicted octanol–water partition coefficient (Wildman–Crippen LogP) is 13.4. The van der Waals surface area contributed by atoms with Crippen LogP contribution in [0, 0.1) is 0 Å². The van der Waals surface area contributed by atoms with E-state index in [1.807, 2.05) is 38.1 Å². The van der Waals surface area contributed by atoms with E-state index < -0.39 is 11.6 Å². The van der Waals surface area contributed by atoms with Crippen molar-refractivity contribution in [3.8, 4) is 11.5 Å².